The number of hydrogen-bond acceptors (Lipinski definition) is 4. The molecule has 21 heavy (non-hydrogen) atoms. The predicted molar refractivity (Wildman–Crippen MR) is 83.8 cm³/mol. The van der Waals surface area contributed by atoms with Gasteiger partial charge >= 0.3 is 5.97 Å². The molecule has 0 aliphatic heterocycles. The molecule has 0 aliphatic rings. The molecule has 1 aromatic heterocycles. The van der Waals surface area contributed by atoms with Crippen LogP contribution in [0.1, 0.15) is 28.4 Å². The third-order valence-corrected chi connectivity index (χ3v) is 3.73. The first kappa shape index (κ1) is 15.3. The Hall–Kier alpha value is -2.14. The fourth-order valence-corrected chi connectivity index (χ4v) is 2.63. The summed E-state index contributed by atoms with van der Waals surface area (Å²) in [5.74, 6) is -0.559. The highest BCUT2D eigenvalue weighted by atomic mass is 32.1. The van der Waals surface area contributed by atoms with E-state index < -0.39 is 5.97 Å². The van der Waals surface area contributed by atoms with Crippen molar-refractivity contribution in [3.8, 4) is 0 Å². The van der Waals surface area contributed by atoms with Gasteiger partial charge in [0.05, 0.1) is 18.6 Å². The zero-order chi connectivity index (χ0) is 15.2. The van der Waals surface area contributed by atoms with Gasteiger partial charge in [-0.3, -0.25) is 4.79 Å². The summed E-state index contributed by atoms with van der Waals surface area (Å²) in [5.41, 5.74) is 2.49. The summed E-state index contributed by atoms with van der Waals surface area (Å²) < 4.78 is 4.96. The lowest BCUT2D eigenvalue weighted by Gasteiger charge is -2.06. The number of amides is 1. The van der Waals surface area contributed by atoms with Gasteiger partial charge in [0.2, 0.25) is 5.91 Å². The van der Waals surface area contributed by atoms with E-state index in [-0.39, 0.29) is 12.3 Å². The highest BCUT2D eigenvalue weighted by Gasteiger charge is 2.16. The third-order valence-electron chi connectivity index (χ3n) is 2.90. The molecule has 4 nitrogen and oxygen atoms in total. The van der Waals surface area contributed by atoms with Gasteiger partial charge in [-0.1, -0.05) is 29.8 Å². The van der Waals surface area contributed by atoms with Crippen molar-refractivity contribution in [2.45, 2.75) is 20.3 Å². The van der Waals surface area contributed by atoms with E-state index in [2.05, 4.69) is 5.32 Å². The van der Waals surface area contributed by atoms with E-state index in [1.807, 2.05) is 31.2 Å². The van der Waals surface area contributed by atoms with Gasteiger partial charge in [0.25, 0.3) is 0 Å². The molecule has 0 saturated heterocycles. The van der Waals surface area contributed by atoms with Crippen LogP contribution < -0.4 is 5.32 Å². The highest BCUT2D eigenvalue weighted by Crippen LogP contribution is 2.24. The lowest BCUT2D eigenvalue weighted by atomic mass is 10.1. The van der Waals surface area contributed by atoms with E-state index in [4.69, 9.17) is 4.74 Å². The van der Waals surface area contributed by atoms with Crippen molar-refractivity contribution in [2.75, 3.05) is 11.9 Å². The minimum atomic E-state index is -0.413. The number of carbonyl (C=O) groups is 2. The van der Waals surface area contributed by atoms with Gasteiger partial charge in [0, 0.05) is 0 Å². The maximum Gasteiger partial charge on any atom is 0.341 e. The molecule has 1 amide bonds. The molecule has 1 aromatic carbocycles. The monoisotopic (exact) mass is 303 g/mol. The maximum absolute atomic E-state index is 12.0. The maximum atomic E-state index is 12.0. The van der Waals surface area contributed by atoms with Crippen LogP contribution in [0.3, 0.4) is 0 Å². The van der Waals surface area contributed by atoms with Gasteiger partial charge in [-0.2, -0.15) is 0 Å². The Morgan fingerprint density at radius 2 is 1.90 bits per heavy atom. The van der Waals surface area contributed by atoms with Gasteiger partial charge in [-0.05, 0) is 30.9 Å². The van der Waals surface area contributed by atoms with Gasteiger partial charge < -0.3 is 10.1 Å². The number of benzene rings is 1. The molecular formula is C16H17NO3S. The van der Waals surface area contributed by atoms with Crippen LogP contribution in [0.5, 0.6) is 0 Å². The molecule has 1 N–H and O–H groups in total. The van der Waals surface area contributed by atoms with E-state index >= 15 is 0 Å². The summed E-state index contributed by atoms with van der Waals surface area (Å²) in [5, 5.41) is 5.06. The molecule has 0 radical (unpaired) electrons. The molecule has 2 aromatic rings. The standard InChI is InChI=1S/C16H17NO3S/c1-3-20-16(19)13-8-9-21-15(13)17-14(18)10-12-6-4-11(2)5-7-12/h4-9H,3,10H2,1-2H3,(H,17,18). The molecule has 0 atom stereocenters. The number of rotatable bonds is 5. The number of nitrogens with one attached hydrogen (secondary N) is 1. The molecule has 0 bridgehead atoms. The summed E-state index contributed by atoms with van der Waals surface area (Å²) in [6, 6.07) is 9.45. The van der Waals surface area contributed by atoms with Crippen molar-refractivity contribution in [1.82, 2.24) is 0 Å². The van der Waals surface area contributed by atoms with Crippen LogP contribution in [0.4, 0.5) is 5.00 Å². The molecule has 0 spiro atoms. The lowest BCUT2D eigenvalue weighted by molar-refractivity contribution is -0.115. The van der Waals surface area contributed by atoms with E-state index in [9.17, 15) is 9.59 Å². The van der Waals surface area contributed by atoms with Crippen LogP contribution in [0, 0.1) is 6.92 Å². The Kier molecular flexibility index (Phi) is 5.11. The molecule has 0 unspecified atom stereocenters. The number of aryl methyl sites for hydroxylation is 1. The van der Waals surface area contributed by atoms with Crippen LogP contribution in [-0.2, 0) is 16.0 Å². The smallest absolute Gasteiger partial charge is 0.341 e. The Bertz CT molecular complexity index is 631. The second-order valence-corrected chi connectivity index (χ2v) is 5.51. The number of ether oxygens (including phenoxy) is 1. The highest BCUT2D eigenvalue weighted by molar-refractivity contribution is 7.14. The zero-order valence-electron chi connectivity index (χ0n) is 12.0. The lowest BCUT2D eigenvalue weighted by Crippen LogP contribution is -2.16. The Morgan fingerprint density at radius 1 is 1.19 bits per heavy atom. The van der Waals surface area contributed by atoms with Crippen LogP contribution in [-0.4, -0.2) is 18.5 Å². The number of thiophene rings is 1. The molecule has 1 heterocycles. The first-order chi connectivity index (χ1) is 10.1. The fraction of sp³-hybridized carbons (Fsp3) is 0.250. The van der Waals surface area contributed by atoms with E-state index in [0.717, 1.165) is 11.1 Å². The van der Waals surface area contributed by atoms with Crippen molar-refractivity contribution < 1.29 is 14.3 Å². The molecule has 0 aliphatic carbocycles. The van der Waals surface area contributed by atoms with E-state index in [0.29, 0.717) is 17.2 Å². The Morgan fingerprint density at radius 3 is 2.57 bits per heavy atom. The van der Waals surface area contributed by atoms with Crippen molar-refractivity contribution in [2.24, 2.45) is 0 Å². The summed E-state index contributed by atoms with van der Waals surface area (Å²) >= 11 is 1.31. The van der Waals surface area contributed by atoms with Crippen molar-refractivity contribution in [3.05, 3.63) is 52.4 Å². The first-order valence-electron chi connectivity index (χ1n) is 6.70. The van der Waals surface area contributed by atoms with Crippen LogP contribution in [0.15, 0.2) is 35.7 Å². The minimum Gasteiger partial charge on any atom is -0.462 e. The predicted octanol–water partition coefficient (Wildman–Crippen LogP) is 3.41. The summed E-state index contributed by atoms with van der Waals surface area (Å²) in [4.78, 5) is 23.8. The average Bonchev–Trinajstić information content (AvgIpc) is 2.90. The second kappa shape index (κ2) is 7.04. The second-order valence-electron chi connectivity index (χ2n) is 4.59. The molecule has 2 rings (SSSR count). The zero-order valence-corrected chi connectivity index (χ0v) is 12.8. The summed E-state index contributed by atoms with van der Waals surface area (Å²) in [7, 11) is 0. The summed E-state index contributed by atoms with van der Waals surface area (Å²) in [6.07, 6.45) is 0.278. The minimum absolute atomic E-state index is 0.146. The first-order valence-corrected chi connectivity index (χ1v) is 7.58. The Balaban J connectivity index is 2.01. The molecule has 110 valence electrons. The quantitative estimate of drug-likeness (QED) is 0.861. The number of carbonyl (C=O) groups excluding carboxylic acids is 2. The average molecular weight is 303 g/mol. The third kappa shape index (κ3) is 4.16. The van der Waals surface area contributed by atoms with Crippen molar-refractivity contribution >= 4 is 28.2 Å². The largest absolute Gasteiger partial charge is 0.462 e. The van der Waals surface area contributed by atoms with E-state index in [1.165, 1.54) is 11.3 Å². The topological polar surface area (TPSA) is 55.4 Å². The summed E-state index contributed by atoms with van der Waals surface area (Å²) in [6.45, 7) is 4.06. The van der Waals surface area contributed by atoms with Gasteiger partial charge in [0.1, 0.15) is 5.00 Å². The molecule has 0 saturated carbocycles. The SMILES string of the molecule is CCOC(=O)c1ccsc1NC(=O)Cc1ccc(C)cc1. The van der Waals surface area contributed by atoms with Crippen molar-refractivity contribution in [3.63, 3.8) is 0 Å². The normalized spacial score (nSPS) is 10.2. The van der Waals surface area contributed by atoms with Crippen LogP contribution in [0.2, 0.25) is 0 Å². The van der Waals surface area contributed by atoms with Crippen molar-refractivity contribution in [1.29, 1.82) is 0 Å². The Labute approximate surface area is 127 Å². The van der Waals surface area contributed by atoms with E-state index in [1.54, 1.807) is 18.4 Å². The molecule has 5 heteroatoms. The number of anilines is 1. The fourth-order valence-electron chi connectivity index (χ4n) is 1.84. The number of hydrogen-bond donors (Lipinski definition) is 1. The van der Waals surface area contributed by atoms with Gasteiger partial charge in [0.15, 0.2) is 0 Å². The van der Waals surface area contributed by atoms with Crippen LogP contribution in [0.25, 0.3) is 0 Å². The molecular weight excluding hydrogens is 286 g/mol. The van der Waals surface area contributed by atoms with Gasteiger partial charge in [-0.25, -0.2) is 4.79 Å². The number of esters is 1. The molecule has 0 fully saturated rings. The van der Waals surface area contributed by atoms with Crippen LogP contribution >= 0.6 is 11.3 Å². The van der Waals surface area contributed by atoms with Gasteiger partial charge in [-0.15, -0.1) is 11.3 Å².